The molecule has 4 nitrogen and oxygen atoms in total. The first-order valence-corrected chi connectivity index (χ1v) is 6.09. The Labute approximate surface area is 107 Å². The van der Waals surface area contributed by atoms with Crippen LogP contribution in [0.4, 0.5) is 5.69 Å². The van der Waals surface area contributed by atoms with Crippen molar-refractivity contribution in [2.24, 2.45) is 0 Å². The van der Waals surface area contributed by atoms with Gasteiger partial charge in [-0.2, -0.15) is 0 Å². The van der Waals surface area contributed by atoms with Gasteiger partial charge in [-0.3, -0.25) is 4.79 Å². The van der Waals surface area contributed by atoms with Crippen molar-refractivity contribution in [3.8, 4) is 0 Å². The second-order valence-corrected chi connectivity index (χ2v) is 4.68. The second kappa shape index (κ2) is 5.60. The van der Waals surface area contributed by atoms with E-state index in [1.165, 1.54) is 0 Å². The average molecular weight is 333 g/mol. The van der Waals surface area contributed by atoms with Crippen molar-refractivity contribution < 1.29 is 14.3 Å². The van der Waals surface area contributed by atoms with E-state index in [0.717, 1.165) is 9.26 Å². The van der Waals surface area contributed by atoms with Crippen molar-refractivity contribution in [3.05, 3.63) is 27.8 Å². The van der Waals surface area contributed by atoms with Crippen LogP contribution in [0, 0.1) is 3.57 Å². The normalized spacial score (nSPS) is 20.4. The number of carbonyl (C=O) groups excluding carboxylic acids is 1. The van der Waals surface area contributed by atoms with E-state index in [1.807, 2.05) is 24.3 Å². The van der Waals surface area contributed by atoms with Crippen LogP contribution < -0.4 is 5.32 Å². The van der Waals surface area contributed by atoms with Crippen LogP contribution in [-0.2, 0) is 14.3 Å². The maximum atomic E-state index is 11.8. The Hall–Kier alpha value is -0.660. The summed E-state index contributed by atoms with van der Waals surface area (Å²) in [6, 6.07) is 7.62. The van der Waals surface area contributed by atoms with E-state index in [4.69, 9.17) is 9.47 Å². The van der Waals surface area contributed by atoms with Crippen LogP contribution in [0.25, 0.3) is 0 Å². The van der Waals surface area contributed by atoms with E-state index in [-0.39, 0.29) is 5.91 Å². The highest BCUT2D eigenvalue weighted by molar-refractivity contribution is 14.1. The van der Waals surface area contributed by atoms with Gasteiger partial charge in [0.15, 0.2) is 6.10 Å². The fraction of sp³-hybridized carbons (Fsp3) is 0.364. The zero-order valence-electron chi connectivity index (χ0n) is 8.61. The molecule has 0 saturated carbocycles. The van der Waals surface area contributed by atoms with Crippen LogP contribution in [0.3, 0.4) is 0 Å². The molecule has 5 heteroatoms. The van der Waals surface area contributed by atoms with Gasteiger partial charge in [-0.15, -0.1) is 0 Å². The maximum Gasteiger partial charge on any atom is 0.255 e. The SMILES string of the molecule is O=C(Nc1cccc(I)c1)C1COCCO1. The van der Waals surface area contributed by atoms with Crippen LogP contribution in [-0.4, -0.2) is 31.8 Å². The number of rotatable bonds is 2. The molecule has 0 aliphatic carbocycles. The molecule has 0 bridgehead atoms. The molecule has 0 spiro atoms. The molecule has 1 atom stereocenters. The highest BCUT2D eigenvalue weighted by Gasteiger charge is 2.22. The Kier molecular flexibility index (Phi) is 4.14. The van der Waals surface area contributed by atoms with Gasteiger partial charge in [0, 0.05) is 9.26 Å². The van der Waals surface area contributed by atoms with E-state index in [0.29, 0.717) is 19.8 Å². The van der Waals surface area contributed by atoms with E-state index >= 15 is 0 Å². The summed E-state index contributed by atoms with van der Waals surface area (Å²) in [6.45, 7) is 1.37. The molecule has 2 rings (SSSR count). The number of benzene rings is 1. The standard InChI is InChI=1S/C11H12INO3/c12-8-2-1-3-9(6-8)13-11(14)10-7-15-4-5-16-10/h1-3,6,10H,4-5,7H2,(H,13,14). The molecule has 1 N–H and O–H groups in total. The first-order valence-electron chi connectivity index (χ1n) is 5.01. The Morgan fingerprint density at radius 3 is 3.00 bits per heavy atom. The van der Waals surface area contributed by atoms with Gasteiger partial charge in [0.2, 0.25) is 0 Å². The number of carbonyl (C=O) groups is 1. The molecule has 1 aliphatic rings. The minimum atomic E-state index is -0.494. The minimum Gasteiger partial charge on any atom is -0.376 e. The number of ether oxygens (including phenoxy) is 2. The lowest BCUT2D eigenvalue weighted by molar-refractivity contribution is -0.142. The number of amides is 1. The first kappa shape index (κ1) is 11.8. The average Bonchev–Trinajstić information content (AvgIpc) is 2.30. The molecule has 0 aromatic heterocycles. The van der Waals surface area contributed by atoms with Gasteiger partial charge in [-0.25, -0.2) is 0 Å². The highest BCUT2D eigenvalue weighted by atomic mass is 127. The van der Waals surface area contributed by atoms with Crippen LogP contribution in [0.1, 0.15) is 0 Å². The molecule has 1 aromatic rings. The number of hydrogen-bond donors (Lipinski definition) is 1. The number of nitrogens with one attached hydrogen (secondary N) is 1. The Balaban J connectivity index is 1.96. The summed E-state index contributed by atoms with van der Waals surface area (Å²) in [7, 11) is 0. The van der Waals surface area contributed by atoms with E-state index in [9.17, 15) is 4.79 Å². The van der Waals surface area contributed by atoms with Crippen LogP contribution >= 0.6 is 22.6 Å². The quantitative estimate of drug-likeness (QED) is 0.838. The number of halogens is 1. The van der Waals surface area contributed by atoms with Crippen LogP contribution in [0.15, 0.2) is 24.3 Å². The number of anilines is 1. The molecule has 1 saturated heterocycles. The molecule has 86 valence electrons. The van der Waals surface area contributed by atoms with Gasteiger partial charge in [-0.1, -0.05) is 6.07 Å². The first-order chi connectivity index (χ1) is 7.75. The van der Waals surface area contributed by atoms with Gasteiger partial charge >= 0.3 is 0 Å². The van der Waals surface area contributed by atoms with Crippen molar-refractivity contribution in [2.75, 3.05) is 25.1 Å². The fourth-order valence-electron chi connectivity index (χ4n) is 1.43. The van der Waals surface area contributed by atoms with E-state index < -0.39 is 6.10 Å². The maximum absolute atomic E-state index is 11.8. The van der Waals surface area contributed by atoms with Gasteiger partial charge in [0.05, 0.1) is 19.8 Å². The van der Waals surface area contributed by atoms with Gasteiger partial charge in [-0.05, 0) is 40.8 Å². The zero-order chi connectivity index (χ0) is 11.4. The minimum absolute atomic E-state index is 0.151. The molecular formula is C11H12INO3. The molecule has 1 heterocycles. The predicted octanol–water partition coefficient (Wildman–Crippen LogP) is 1.65. The lowest BCUT2D eigenvalue weighted by Crippen LogP contribution is -2.39. The molecule has 1 fully saturated rings. The summed E-state index contributed by atoms with van der Waals surface area (Å²) in [5.41, 5.74) is 0.783. The van der Waals surface area contributed by atoms with Crippen LogP contribution in [0.2, 0.25) is 0 Å². The Bertz CT molecular complexity index is 377. The lowest BCUT2D eigenvalue weighted by atomic mass is 10.3. The summed E-state index contributed by atoms with van der Waals surface area (Å²) in [6.07, 6.45) is -0.494. The summed E-state index contributed by atoms with van der Waals surface area (Å²) in [4.78, 5) is 11.8. The summed E-state index contributed by atoms with van der Waals surface area (Å²) in [5.74, 6) is -0.151. The smallest absolute Gasteiger partial charge is 0.255 e. The van der Waals surface area contributed by atoms with Crippen molar-refractivity contribution >= 4 is 34.2 Å². The lowest BCUT2D eigenvalue weighted by Gasteiger charge is -2.22. The van der Waals surface area contributed by atoms with Gasteiger partial charge in [0.1, 0.15) is 0 Å². The Morgan fingerprint density at radius 2 is 2.31 bits per heavy atom. The van der Waals surface area contributed by atoms with E-state index in [2.05, 4.69) is 27.9 Å². The van der Waals surface area contributed by atoms with Crippen molar-refractivity contribution in [1.82, 2.24) is 0 Å². The molecule has 1 unspecified atom stereocenters. The fourth-order valence-corrected chi connectivity index (χ4v) is 1.97. The third-order valence-electron chi connectivity index (χ3n) is 2.20. The predicted molar refractivity (Wildman–Crippen MR) is 68.3 cm³/mol. The van der Waals surface area contributed by atoms with Crippen molar-refractivity contribution in [3.63, 3.8) is 0 Å². The summed E-state index contributed by atoms with van der Waals surface area (Å²) in [5, 5.41) is 2.80. The summed E-state index contributed by atoms with van der Waals surface area (Å²) < 4.78 is 11.6. The van der Waals surface area contributed by atoms with E-state index in [1.54, 1.807) is 0 Å². The molecule has 1 amide bonds. The van der Waals surface area contributed by atoms with Crippen LogP contribution in [0.5, 0.6) is 0 Å². The monoisotopic (exact) mass is 333 g/mol. The Morgan fingerprint density at radius 1 is 1.44 bits per heavy atom. The van der Waals surface area contributed by atoms with Crippen molar-refractivity contribution in [2.45, 2.75) is 6.10 Å². The highest BCUT2D eigenvalue weighted by Crippen LogP contribution is 2.13. The third-order valence-corrected chi connectivity index (χ3v) is 2.87. The molecular weight excluding hydrogens is 321 g/mol. The molecule has 1 aliphatic heterocycles. The molecule has 1 aromatic carbocycles. The second-order valence-electron chi connectivity index (χ2n) is 3.43. The topological polar surface area (TPSA) is 47.6 Å². The third kappa shape index (κ3) is 3.16. The number of hydrogen-bond acceptors (Lipinski definition) is 3. The summed E-state index contributed by atoms with van der Waals surface area (Å²) >= 11 is 2.20. The molecule has 16 heavy (non-hydrogen) atoms. The largest absolute Gasteiger partial charge is 0.376 e. The zero-order valence-corrected chi connectivity index (χ0v) is 10.8. The van der Waals surface area contributed by atoms with Gasteiger partial charge < -0.3 is 14.8 Å². The molecule has 0 radical (unpaired) electrons. The van der Waals surface area contributed by atoms with Crippen molar-refractivity contribution in [1.29, 1.82) is 0 Å². The van der Waals surface area contributed by atoms with Gasteiger partial charge in [0.25, 0.3) is 5.91 Å².